The van der Waals surface area contributed by atoms with Gasteiger partial charge >= 0.3 is 5.97 Å². The number of hydrogen-bond acceptors (Lipinski definition) is 7. The highest BCUT2D eigenvalue weighted by atomic mass is 32.1. The lowest BCUT2D eigenvalue weighted by molar-refractivity contribution is -0.142. The van der Waals surface area contributed by atoms with Gasteiger partial charge in [0, 0.05) is 6.42 Å². The number of carbonyl (C=O) groups is 3. The average molecular weight is 369 g/mol. The Morgan fingerprint density at radius 1 is 1.00 bits per heavy atom. The lowest BCUT2D eigenvalue weighted by Crippen LogP contribution is -2.49. The fourth-order valence-corrected chi connectivity index (χ4v) is 1.75. The average Bonchev–Trinajstić information content (AvgIpc) is 2.62. The Labute approximate surface area is 150 Å². The van der Waals surface area contributed by atoms with Gasteiger partial charge in [-0.2, -0.15) is 0 Å². The molecule has 3 N–H and O–H groups in total. The number of amides is 2. The summed E-state index contributed by atoms with van der Waals surface area (Å²) in [5.41, 5.74) is 4.62. The molecule has 0 aliphatic heterocycles. The molecule has 0 spiro atoms. The molecular formula is C15H19N3O6S. The summed E-state index contributed by atoms with van der Waals surface area (Å²) in [5, 5.41) is 2.19. The third-order valence-corrected chi connectivity index (χ3v) is 2.98. The molecule has 0 fully saturated rings. The van der Waals surface area contributed by atoms with Gasteiger partial charge < -0.3 is 19.5 Å². The van der Waals surface area contributed by atoms with Crippen molar-refractivity contribution in [3.63, 3.8) is 0 Å². The van der Waals surface area contributed by atoms with Crippen LogP contribution in [0.15, 0.2) is 24.3 Å². The van der Waals surface area contributed by atoms with Gasteiger partial charge in [-0.25, -0.2) is 0 Å². The molecule has 9 nitrogen and oxygen atoms in total. The highest BCUT2D eigenvalue weighted by molar-refractivity contribution is 7.80. The molecule has 0 aromatic heterocycles. The number of benzene rings is 1. The fraction of sp³-hybridized carbons (Fsp3) is 0.333. The summed E-state index contributed by atoms with van der Waals surface area (Å²) < 4.78 is 14.8. The molecule has 0 bridgehead atoms. The molecule has 0 atom stereocenters. The predicted molar refractivity (Wildman–Crippen MR) is 91.8 cm³/mol. The molecule has 0 heterocycles. The zero-order valence-electron chi connectivity index (χ0n) is 13.8. The Morgan fingerprint density at radius 3 is 2.32 bits per heavy atom. The first-order valence-corrected chi connectivity index (χ1v) is 7.58. The van der Waals surface area contributed by atoms with Gasteiger partial charge in [0.1, 0.15) is 0 Å². The topological polar surface area (TPSA) is 115 Å². The maximum atomic E-state index is 11.7. The number of hydrazine groups is 1. The number of nitrogens with one attached hydrogen (secondary N) is 3. The predicted octanol–water partition coefficient (Wildman–Crippen LogP) is 0.0491. The molecule has 0 aliphatic rings. The van der Waals surface area contributed by atoms with Crippen LogP contribution in [0.2, 0.25) is 0 Å². The van der Waals surface area contributed by atoms with Crippen molar-refractivity contribution in [2.75, 3.05) is 20.8 Å². The minimum atomic E-state index is -0.517. The van der Waals surface area contributed by atoms with E-state index in [0.717, 1.165) is 0 Å². The Kier molecular flexibility index (Phi) is 8.72. The van der Waals surface area contributed by atoms with Gasteiger partial charge in [-0.15, -0.1) is 0 Å². The summed E-state index contributed by atoms with van der Waals surface area (Å²) in [7, 11) is 2.72. The Bertz CT molecular complexity index is 637. The van der Waals surface area contributed by atoms with Gasteiger partial charge in [-0.1, -0.05) is 12.1 Å². The van der Waals surface area contributed by atoms with E-state index in [4.69, 9.17) is 21.7 Å². The van der Waals surface area contributed by atoms with Crippen molar-refractivity contribution < 1.29 is 28.6 Å². The van der Waals surface area contributed by atoms with Crippen LogP contribution in [0.5, 0.6) is 11.5 Å². The van der Waals surface area contributed by atoms with E-state index in [1.807, 2.05) is 0 Å². The summed E-state index contributed by atoms with van der Waals surface area (Å²) in [6, 6.07) is 6.87. The zero-order valence-corrected chi connectivity index (χ0v) is 14.6. The van der Waals surface area contributed by atoms with Gasteiger partial charge in [-0.3, -0.25) is 25.2 Å². The van der Waals surface area contributed by atoms with Gasteiger partial charge in [0.2, 0.25) is 5.91 Å². The van der Waals surface area contributed by atoms with E-state index in [0.29, 0.717) is 11.5 Å². The lowest BCUT2D eigenvalue weighted by Gasteiger charge is -2.12. The van der Waals surface area contributed by atoms with Crippen LogP contribution < -0.4 is 25.6 Å². The second kappa shape index (κ2) is 10.8. The molecule has 10 heteroatoms. The molecule has 1 aromatic rings. The molecule has 0 saturated carbocycles. The number of methoxy groups -OCH3 is 2. The van der Waals surface area contributed by atoms with Crippen molar-refractivity contribution >= 4 is 35.1 Å². The van der Waals surface area contributed by atoms with E-state index in [1.165, 1.54) is 14.2 Å². The van der Waals surface area contributed by atoms with Crippen molar-refractivity contribution in [2.45, 2.75) is 12.8 Å². The van der Waals surface area contributed by atoms with Crippen molar-refractivity contribution in [3.05, 3.63) is 24.3 Å². The Balaban J connectivity index is 2.28. The minimum absolute atomic E-state index is 0.0654. The van der Waals surface area contributed by atoms with Crippen LogP contribution in [0, 0.1) is 0 Å². The van der Waals surface area contributed by atoms with E-state index in [-0.39, 0.29) is 24.6 Å². The van der Waals surface area contributed by atoms with Crippen molar-refractivity contribution in [2.24, 2.45) is 0 Å². The lowest BCUT2D eigenvalue weighted by atomic mass is 10.3. The van der Waals surface area contributed by atoms with Crippen LogP contribution in [0.25, 0.3) is 0 Å². The fourth-order valence-electron chi connectivity index (χ4n) is 1.58. The number of carbonyl (C=O) groups excluding carboxylic acids is 3. The van der Waals surface area contributed by atoms with Crippen molar-refractivity contribution in [1.82, 2.24) is 16.2 Å². The number of thiocarbonyl (C=S) groups is 1. The summed E-state index contributed by atoms with van der Waals surface area (Å²) in [5.74, 6) is -0.592. The number of esters is 1. The standard InChI is InChI=1S/C15H19N3O6S/c1-22-10-5-3-4-6-11(10)24-9-13(20)17-18-15(25)16-12(19)7-8-14(21)23-2/h3-6H,7-9H2,1-2H3,(H,17,20)(H2,16,18,19,25). The molecule has 0 unspecified atom stereocenters. The van der Waals surface area contributed by atoms with Crippen LogP contribution >= 0.6 is 12.2 Å². The van der Waals surface area contributed by atoms with E-state index in [1.54, 1.807) is 24.3 Å². The first kappa shape index (κ1) is 20.2. The largest absolute Gasteiger partial charge is 0.493 e. The smallest absolute Gasteiger partial charge is 0.306 e. The minimum Gasteiger partial charge on any atom is -0.493 e. The van der Waals surface area contributed by atoms with Crippen molar-refractivity contribution in [1.29, 1.82) is 0 Å². The van der Waals surface area contributed by atoms with Crippen LogP contribution in [0.1, 0.15) is 12.8 Å². The number of rotatable bonds is 7. The highest BCUT2D eigenvalue weighted by Crippen LogP contribution is 2.25. The van der Waals surface area contributed by atoms with Gasteiger partial charge in [0.15, 0.2) is 23.2 Å². The van der Waals surface area contributed by atoms with E-state index in [9.17, 15) is 14.4 Å². The van der Waals surface area contributed by atoms with E-state index < -0.39 is 17.8 Å². The molecule has 2 amide bonds. The normalized spacial score (nSPS) is 9.52. The van der Waals surface area contributed by atoms with Gasteiger partial charge in [0.05, 0.1) is 20.6 Å². The quantitative estimate of drug-likeness (QED) is 0.351. The Morgan fingerprint density at radius 2 is 1.68 bits per heavy atom. The second-order valence-electron chi connectivity index (χ2n) is 4.57. The van der Waals surface area contributed by atoms with Crippen LogP contribution in [0.4, 0.5) is 0 Å². The summed E-state index contributed by atoms with van der Waals surface area (Å²) in [6.07, 6.45) is -0.149. The van der Waals surface area contributed by atoms with Crippen molar-refractivity contribution in [3.8, 4) is 11.5 Å². The highest BCUT2D eigenvalue weighted by Gasteiger charge is 2.10. The molecule has 0 aliphatic carbocycles. The molecule has 0 radical (unpaired) electrons. The Hall–Kier alpha value is -2.88. The molecule has 1 rings (SSSR count). The summed E-state index contributed by atoms with van der Waals surface area (Å²) >= 11 is 4.84. The second-order valence-corrected chi connectivity index (χ2v) is 4.97. The molecule has 136 valence electrons. The van der Waals surface area contributed by atoms with Crippen LogP contribution in [0.3, 0.4) is 0 Å². The first-order valence-electron chi connectivity index (χ1n) is 7.17. The molecule has 25 heavy (non-hydrogen) atoms. The maximum absolute atomic E-state index is 11.7. The van der Waals surface area contributed by atoms with Crippen LogP contribution in [-0.2, 0) is 19.1 Å². The van der Waals surface area contributed by atoms with Gasteiger partial charge in [-0.05, 0) is 24.4 Å². The molecule has 0 saturated heterocycles. The number of hydrogen-bond donors (Lipinski definition) is 3. The number of para-hydroxylation sites is 2. The third kappa shape index (κ3) is 7.97. The van der Waals surface area contributed by atoms with Gasteiger partial charge in [0.25, 0.3) is 5.91 Å². The SMILES string of the molecule is COC(=O)CCC(=O)NC(=S)NNC(=O)COc1ccccc1OC. The monoisotopic (exact) mass is 369 g/mol. The summed E-state index contributed by atoms with van der Waals surface area (Å²) in [6.45, 7) is -0.285. The summed E-state index contributed by atoms with van der Waals surface area (Å²) in [4.78, 5) is 34.1. The van der Waals surface area contributed by atoms with E-state index in [2.05, 4.69) is 20.9 Å². The molecule has 1 aromatic carbocycles. The first-order chi connectivity index (χ1) is 12.0. The number of ether oxygens (including phenoxy) is 3. The maximum Gasteiger partial charge on any atom is 0.306 e. The van der Waals surface area contributed by atoms with E-state index >= 15 is 0 Å². The molecular weight excluding hydrogens is 350 g/mol. The van der Waals surface area contributed by atoms with Crippen LogP contribution in [-0.4, -0.2) is 43.7 Å². The third-order valence-electron chi connectivity index (χ3n) is 2.78. The zero-order chi connectivity index (χ0) is 18.7.